The van der Waals surface area contributed by atoms with Crippen molar-refractivity contribution < 1.29 is 4.74 Å². The number of hydrazine groups is 1. The van der Waals surface area contributed by atoms with Gasteiger partial charge in [0.2, 0.25) is 0 Å². The SMILES string of the molecule is Cc1ccc(C#CC2CC2)cc1/C(N)=N/N(N)CC1CCCCO1. The van der Waals surface area contributed by atoms with Crippen molar-refractivity contribution in [2.24, 2.45) is 22.6 Å². The molecule has 2 fully saturated rings. The van der Waals surface area contributed by atoms with E-state index in [2.05, 4.69) is 16.9 Å². The zero-order valence-electron chi connectivity index (χ0n) is 14.3. The lowest BCUT2D eigenvalue weighted by atomic mass is 10.0. The molecule has 0 bridgehead atoms. The summed E-state index contributed by atoms with van der Waals surface area (Å²) in [6.07, 6.45) is 5.91. The lowest BCUT2D eigenvalue weighted by molar-refractivity contribution is -0.00546. The van der Waals surface area contributed by atoms with Crippen molar-refractivity contribution >= 4 is 5.84 Å². The van der Waals surface area contributed by atoms with Crippen molar-refractivity contribution in [1.82, 2.24) is 5.12 Å². The summed E-state index contributed by atoms with van der Waals surface area (Å²) >= 11 is 0. The van der Waals surface area contributed by atoms with Gasteiger partial charge in [-0.05, 0) is 56.7 Å². The molecule has 1 heterocycles. The van der Waals surface area contributed by atoms with Crippen LogP contribution in [0.5, 0.6) is 0 Å². The third-order valence-electron chi connectivity index (χ3n) is 4.41. The standard InChI is InChI=1S/C19H26N4O/c1-14-5-6-16(10-9-15-7-8-15)12-18(14)19(20)22-23(21)13-17-4-2-3-11-24-17/h5-6,12,15,17H,2-4,7-8,11,13,21H2,1H3,(H2,20,22). The molecule has 1 aliphatic carbocycles. The number of nitrogens with two attached hydrogens (primary N) is 2. The Labute approximate surface area is 144 Å². The minimum Gasteiger partial charge on any atom is -0.382 e. The number of benzene rings is 1. The van der Waals surface area contributed by atoms with Crippen molar-refractivity contribution in [1.29, 1.82) is 0 Å². The summed E-state index contributed by atoms with van der Waals surface area (Å²) in [5.74, 6) is 13.5. The molecule has 1 saturated heterocycles. The molecule has 0 aromatic heterocycles. The molecule has 24 heavy (non-hydrogen) atoms. The first kappa shape index (κ1) is 16.8. The van der Waals surface area contributed by atoms with Gasteiger partial charge in [-0.15, -0.1) is 5.10 Å². The summed E-state index contributed by atoms with van der Waals surface area (Å²) in [5.41, 5.74) is 9.10. The number of hydrogen-bond donors (Lipinski definition) is 2. The van der Waals surface area contributed by atoms with Crippen LogP contribution in [0.3, 0.4) is 0 Å². The molecular weight excluding hydrogens is 300 g/mol. The second kappa shape index (κ2) is 7.69. The molecule has 5 heteroatoms. The number of hydrogen-bond acceptors (Lipinski definition) is 4. The predicted octanol–water partition coefficient (Wildman–Crippen LogP) is 2.12. The quantitative estimate of drug-likeness (QED) is 0.292. The highest BCUT2D eigenvalue weighted by molar-refractivity contribution is 5.98. The first-order valence-corrected chi connectivity index (χ1v) is 8.72. The fourth-order valence-corrected chi connectivity index (χ4v) is 2.78. The van der Waals surface area contributed by atoms with E-state index in [1.807, 2.05) is 25.1 Å². The van der Waals surface area contributed by atoms with Crippen molar-refractivity contribution in [2.45, 2.75) is 45.1 Å². The van der Waals surface area contributed by atoms with Crippen molar-refractivity contribution in [2.75, 3.05) is 13.2 Å². The summed E-state index contributed by atoms with van der Waals surface area (Å²) in [7, 11) is 0. The normalized spacial score (nSPS) is 21.1. The van der Waals surface area contributed by atoms with Gasteiger partial charge in [-0.1, -0.05) is 17.9 Å². The number of nitrogens with zero attached hydrogens (tertiary/aromatic N) is 2. The van der Waals surface area contributed by atoms with Gasteiger partial charge < -0.3 is 10.5 Å². The molecule has 4 N–H and O–H groups in total. The summed E-state index contributed by atoms with van der Waals surface area (Å²) in [6.45, 7) is 3.38. The second-order valence-corrected chi connectivity index (χ2v) is 6.67. The lowest BCUT2D eigenvalue weighted by Crippen LogP contribution is -2.38. The van der Waals surface area contributed by atoms with Crippen LogP contribution >= 0.6 is 0 Å². The molecule has 1 atom stereocenters. The zero-order chi connectivity index (χ0) is 16.9. The molecule has 128 valence electrons. The minimum absolute atomic E-state index is 0.136. The van der Waals surface area contributed by atoms with Crippen LogP contribution in [0.2, 0.25) is 0 Å². The van der Waals surface area contributed by atoms with Crippen LogP contribution in [-0.4, -0.2) is 30.2 Å². The fourth-order valence-electron chi connectivity index (χ4n) is 2.78. The van der Waals surface area contributed by atoms with E-state index in [1.165, 1.54) is 24.4 Å². The first-order valence-electron chi connectivity index (χ1n) is 8.72. The monoisotopic (exact) mass is 326 g/mol. The first-order chi connectivity index (χ1) is 11.6. The summed E-state index contributed by atoms with van der Waals surface area (Å²) < 4.78 is 5.69. The van der Waals surface area contributed by atoms with E-state index in [4.69, 9.17) is 16.3 Å². The van der Waals surface area contributed by atoms with Crippen LogP contribution in [0, 0.1) is 24.7 Å². The Morgan fingerprint density at radius 3 is 2.88 bits per heavy atom. The van der Waals surface area contributed by atoms with Gasteiger partial charge in [0.1, 0.15) is 0 Å². The molecule has 3 rings (SSSR count). The molecule has 1 saturated carbocycles. The molecule has 0 radical (unpaired) electrons. The molecular formula is C19H26N4O. The largest absolute Gasteiger partial charge is 0.382 e. The van der Waals surface area contributed by atoms with Gasteiger partial charge in [0.05, 0.1) is 12.6 Å². The molecule has 0 amide bonds. The number of hydrazone groups is 1. The Morgan fingerprint density at radius 2 is 2.17 bits per heavy atom. The van der Waals surface area contributed by atoms with Crippen LogP contribution in [0.15, 0.2) is 23.3 Å². The molecule has 1 unspecified atom stereocenters. The predicted molar refractivity (Wildman–Crippen MR) is 96.0 cm³/mol. The van der Waals surface area contributed by atoms with Gasteiger partial charge in [0.15, 0.2) is 5.84 Å². The molecule has 2 aliphatic rings. The van der Waals surface area contributed by atoms with Gasteiger partial charge in [-0.3, -0.25) is 0 Å². The van der Waals surface area contributed by atoms with Crippen molar-refractivity contribution in [3.8, 4) is 11.8 Å². The van der Waals surface area contributed by atoms with Gasteiger partial charge in [-0.2, -0.15) is 0 Å². The highest BCUT2D eigenvalue weighted by atomic mass is 16.5. The highest BCUT2D eigenvalue weighted by Gasteiger charge is 2.18. The zero-order valence-corrected chi connectivity index (χ0v) is 14.3. The Hall–Kier alpha value is -2.03. The highest BCUT2D eigenvalue weighted by Crippen LogP contribution is 2.27. The van der Waals surface area contributed by atoms with Gasteiger partial charge in [0.25, 0.3) is 0 Å². The maximum absolute atomic E-state index is 6.18. The molecule has 1 aliphatic heterocycles. The van der Waals surface area contributed by atoms with E-state index >= 15 is 0 Å². The number of aryl methyl sites for hydroxylation is 1. The molecule has 1 aromatic rings. The van der Waals surface area contributed by atoms with Gasteiger partial charge in [0, 0.05) is 23.7 Å². The third kappa shape index (κ3) is 4.73. The number of ether oxygens (including phenoxy) is 1. The summed E-state index contributed by atoms with van der Waals surface area (Å²) in [5, 5.41) is 5.72. The Morgan fingerprint density at radius 1 is 1.33 bits per heavy atom. The molecule has 5 nitrogen and oxygen atoms in total. The van der Waals surface area contributed by atoms with E-state index in [-0.39, 0.29) is 6.10 Å². The molecule has 1 aromatic carbocycles. The Bertz CT molecular complexity index is 664. The topological polar surface area (TPSA) is 76.9 Å². The minimum atomic E-state index is 0.136. The van der Waals surface area contributed by atoms with Crippen LogP contribution < -0.4 is 11.6 Å². The van der Waals surface area contributed by atoms with Crippen molar-refractivity contribution in [3.05, 3.63) is 34.9 Å². The average Bonchev–Trinajstić information content (AvgIpc) is 3.39. The Balaban J connectivity index is 1.69. The maximum atomic E-state index is 6.18. The molecule has 0 spiro atoms. The second-order valence-electron chi connectivity index (χ2n) is 6.67. The van der Waals surface area contributed by atoms with Crippen LogP contribution in [0.25, 0.3) is 0 Å². The van der Waals surface area contributed by atoms with E-state index in [0.717, 1.165) is 36.1 Å². The average molecular weight is 326 g/mol. The van der Waals surface area contributed by atoms with Gasteiger partial charge >= 0.3 is 0 Å². The van der Waals surface area contributed by atoms with E-state index in [1.54, 1.807) is 0 Å². The summed E-state index contributed by atoms with van der Waals surface area (Å²) in [6, 6.07) is 6.05. The fraction of sp³-hybridized carbons (Fsp3) is 0.526. The van der Waals surface area contributed by atoms with Crippen LogP contribution in [-0.2, 0) is 4.74 Å². The number of amidine groups is 1. The van der Waals surface area contributed by atoms with E-state index in [9.17, 15) is 0 Å². The van der Waals surface area contributed by atoms with E-state index in [0.29, 0.717) is 18.3 Å². The van der Waals surface area contributed by atoms with Crippen molar-refractivity contribution in [3.63, 3.8) is 0 Å². The Kier molecular flexibility index (Phi) is 5.39. The third-order valence-corrected chi connectivity index (χ3v) is 4.41. The van der Waals surface area contributed by atoms with Crippen LogP contribution in [0.1, 0.15) is 48.8 Å². The van der Waals surface area contributed by atoms with E-state index < -0.39 is 0 Å². The van der Waals surface area contributed by atoms with Crippen LogP contribution in [0.4, 0.5) is 0 Å². The number of rotatable bonds is 4. The maximum Gasteiger partial charge on any atom is 0.152 e. The van der Waals surface area contributed by atoms with Gasteiger partial charge in [-0.25, -0.2) is 11.0 Å². The smallest absolute Gasteiger partial charge is 0.152 e. The summed E-state index contributed by atoms with van der Waals surface area (Å²) in [4.78, 5) is 0. The lowest BCUT2D eigenvalue weighted by Gasteiger charge is -2.25.